The minimum atomic E-state index is -3.68. The Hall–Kier alpha value is -2.72. The number of halogens is 1. The summed E-state index contributed by atoms with van der Waals surface area (Å²) in [5, 5.41) is 11.4. The maximum atomic E-state index is 13.1. The molecule has 0 saturated carbocycles. The van der Waals surface area contributed by atoms with Gasteiger partial charge in [0.25, 0.3) is 5.69 Å². The molecule has 30 heavy (non-hydrogen) atoms. The first-order valence-corrected chi connectivity index (χ1v) is 11.3. The lowest BCUT2D eigenvalue weighted by molar-refractivity contribution is -0.384. The Balaban J connectivity index is 1.50. The summed E-state index contributed by atoms with van der Waals surface area (Å²) in [5.41, 5.74) is 1.57. The molecular formula is C20H23FN4O4S. The van der Waals surface area contributed by atoms with Crippen LogP contribution in [-0.4, -0.2) is 56.9 Å². The summed E-state index contributed by atoms with van der Waals surface area (Å²) in [4.78, 5) is 15.2. The van der Waals surface area contributed by atoms with Gasteiger partial charge in [-0.05, 0) is 49.2 Å². The van der Waals surface area contributed by atoms with Gasteiger partial charge in [0.1, 0.15) is 11.5 Å². The fourth-order valence-corrected chi connectivity index (χ4v) is 5.44. The van der Waals surface area contributed by atoms with E-state index in [1.165, 1.54) is 22.5 Å². The van der Waals surface area contributed by atoms with Crippen LogP contribution in [0.2, 0.25) is 0 Å². The summed E-state index contributed by atoms with van der Waals surface area (Å²) in [6, 6.07) is 9.92. The lowest BCUT2D eigenvalue weighted by Gasteiger charge is -2.35. The van der Waals surface area contributed by atoms with Gasteiger partial charge < -0.3 is 9.80 Å². The van der Waals surface area contributed by atoms with E-state index in [0.29, 0.717) is 18.8 Å². The number of benzene rings is 2. The monoisotopic (exact) mass is 434 g/mol. The maximum Gasteiger partial charge on any atom is 0.292 e. The van der Waals surface area contributed by atoms with Crippen molar-refractivity contribution in [1.29, 1.82) is 0 Å². The van der Waals surface area contributed by atoms with Crippen molar-refractivity contribution in [3.8, 4) is 0 Å². The van der Waals surface area contributed by atoms with Crippen LogP contribution in [0.3, 0.4) is 0 Å². The van der Waals surface area contributed by atoms with Gasteiger partial charge >= 0.3 is 0 Å². The van der Waals surface area contributed by atoms with E-state index in [-0.39, 0.29) is 28.6 Å². The van der Waals surface area contributed by atoms with Crippen LogP contribution in [0.5, 0.6) is 0 Å². The van der Waals surface area contributed by atoms with E-state index in [1.807, 2.05) is 15.9 Å². The molecule has 0 aromatic heterocycles. The molecule has 0 amide bonds. The minimum Gasteiger partial charge on any atom is -0.369 e. The van der Waals surface area contributed by atoms with Crippen molar-refractivity contribution in [2.45, 2.75) is 17.7 Å². The molecule has 0 atom stereocenters. The number of rotatable bonds is 5. The normalized spacial score (nSPS) is 18.0. The number of nitro groups is 1. The second-order valence-corrected chi connectivity index (χ2v) is 9.41. The number of nitrogens with zero attached hydrogens (tertiary/aromatic N) is 4. The molecule has 10 heteroatoms. The van der Waals surface area contributed by atoms with Crippen LogP contribution >= 0.6 is 0 Å². The first-order chi connectivity index (χ1) is 14.4. The topological polar surface area (TPSA) is 87.0 Å². The third-order valence-corrected chi connectivity index (χ3v) is 7.57. The van der Waals surface area contributed by atoms with E-state index in [9.17, 15) is 22.9 Å². The fraction of sp³-hybridized carbons (Fsp3) is 0.400. The molecule has 0 N–H and O–H groups in total. The van der Waals surface area contributed by atoms with E-state index in [4.69, 9.17) is 0 Å². The zero-order chi connectivity index (χ0) is 21.3. The van der Waals surface area contributed by atoms with Gasteiger partial charge in [-0.2, -0.15) is 4.31 Å². The summed E-state index contributed by atoms with van der Waals surface area (Å²) < 4.78 is 40.1. The maximum absolute atomic E-state index is 13.1. The molecule has 8 nitrogen and oxygen atoms in total. The van der Waals surface area contributed by atoms with Crippen molar-refractivity contribution >= 4 is 27.1 Å². The smallest absolute Gasteiger partial charge is 0.292 e. The predicted octanol–water partition coefficient (Wildman–Crippen LogP) is 2.85. The molecule has 2 aliphatic heterocycles. The van der Waals surface area contributed by atoms with Crippen molar-refractivity contribution in [3.05, 3.63) is 58.4 Å². The second kappa shape index (κ2) is 8.19. The minimum absolute atomic E-state index is 0.0732. The van der Waals surface area contributed by atoms with Gasteiger partial charge in [-0.1, -0.05) is 0 Å². The summed E-state index contributed by atoms with van der Waals surface area (Å²) in [5.74, 6) is -0.481. The Morgan fingerprint density at radius 2 is 1.50 bits per heavy atom. The number of hydrogen-bond acceptors (Lipinski definition) is 6. The van der Waals surface area contributed by atoms with Crippen LogP contribution in [0.4, 0.5) is 21.5 Å². The molecule has 2 aromatic carbocycles. The molecule has 4 rings (SSSR count). The number of sulfonamides is 1. The molecule has 0 aliphatic carbocycles. The molecule has 2 aromatic rings. The highest BCUT2D eigenvalue weighted by molar-refractivity contribution is 7.89. The number of piperazine rings is 1. The highest BCUT2D eigenvalue weighted by Crippen LogP contribution is 2.35. The molecule has 2 aliphatic rings. The number of hydrogen-bond donors (Lipinski definition) is 0. The Bertz CT molecular complexity index is 1030. The third-order valence-electron chi connectivity index (χ3n) is 5.66. The number of anilines is 2. The van der Waals surface area contributed by atoms with E-state index in [2.05, 4.69) is 0 Å². The predicted molar refractivity (Wildman–Crippen MR) is 112 cm³/mol. The van der Waals surface area contributed by atoms with Crippen LogP contribution in [0.1, 0.15) is 12.8 Å². The average Bonchev–Trinajstić information content (AvgIpc) is 3.28. The average molecular weight is 434 g/mol. The van der Waals surface area contributed by atoms with Gasteiger partial charge in [-0.15, -0.1) is 0 Å². The standard InChI is InChI=1S/C20H23FN4O4S/c21-16-3-6-18(7-4-16)30(28,29)24-13-11-22(12-14-24)17-5-8-19(25(26)27)20(15-17)23-9-1-2-10-23/h3-8,15H,1-2,9-14H2. The van der Waals surface area contributed by atoms with Crippen LogP contribution in [0.25, 0.3) is 0 Å². The number of nitro benzene ring substituents is 1. The summed E-state index contributed by atoms with van der Waals surface area (Å²) in [6.45, 7) is 3.11. The van der Waals surface area contributed by atoms with Gasteiger partial charge in [-0.3, -0.25) is 10.1 Å². The second-order valence-electron chi connectivity index (χ2n) is 7.47. The Morgan fingerprint density at radius 3 is 2.10 bits per heavy atom. The van der Waals surface area contributed by atoms with Crippen molar-refractivity contribution in [1.82, 2.24) is 4.31 Å². The SMILES string of the molecule is O=[N+]([O-])c1ccc(N2CCN(S(=O)(=O)c3ccc(F)cc3)CC2)cc1N1CCCC1. The van der Waals surface area contributed by atoms with E-state index in [0.717, 1.165) is 43.8 Å². The molecule has 0 unspecified atom stereocenters. The summed E-state index contributed by atoms with van der Waals surface area (Å²) in [7, 11) is -3.68. The molecule has 0 radical (unpaired) electrons. The van der Waals surface area contributed by atoms with E-state index >= 15 is 0 Å². The van der Waals surface area contributed by atoms with Crippen molar-refractivity contribution in [2.24, 2.45) is 0 Å². The molecule has 2 heterocycles. The van der Waals surface area contributed by atoms with Crippen LogP contribution < -0.4 is 9.80 Å². The van der Waals surface area contributed by atoms with Gasteiger partial charge in [0, 0.05) is 51.0 Å². The van der Waals surface area contributed by atoms with Gasteiger partial charge in [0.2, 0.25) is 10.0 Å². The zero-order valence-electron chi connectivity index (χ0n) is 16.4. The highest BCUT2D eigenvalue weighted by atomic mass is 32.2. The molecule has 2 saturated heterocycles. The van der Waals surface area contributed by atoms with Crippen molar-refractivity contribution in [3.63, 3.8) is 0 Å². The first kappa shape index (κ1) is 20.5. The Labute approximate surface area is 174 Å². The lowest BCUT2D eigenvalue weighted by atomic mass is 10.2. The molecule has 160 valence electrons. The van der Waals surface area contributed by atoms with E-state index < -0.39 is 15.8 Å². The third kappa shape index (κ3) is 3.97. The van der Waals surface area contributed by atoms with Crippen molar-refractivity contribution < 1.29 is 17.7 Å². The quantitative estimate of drug-likeness (QED) is 0.531. The zero-order valence-corrected chi connectivity index (χ0v) is 17.2. The largest absolute Gasteiger partial charge is 0.369 e. The van der Waals surface area contributed by atoms with Crippen LogP contribution in [0.15, 0.2) is 47.4 Å². The van der Waals surface area contributed by atoms with E-state index in [1.54, 1.807) is 6.07 Å². The highest BCUT2D eigenvalue weighted by Gasteiger charge is 2.30. The van der Waals surface area contributed by atoms with Gasteiger partial charge in [0.05, 0.1) is 9.82 Å². The molecule has 2 fully saturated rings. The fourth-order valence-electron chi connectivity index (χ4n) is 4.02. The molecule has 0 bridgehead atoms. The van der Waals surface area contributed by atoms with Crippen LogP contribution in [0, 0.1) is 15.9 Å². The lowest BCUT2D eigenvalue weighted by Crippen LogP contribution is -2.48. The Kier molecular flexibility index (Phi) is 5.61. The molecule has 0 spiro atoms. The van der Waals surface area contributed by atoms with Crippen molar-refractivity contribution in [2.75, 3.05) is 49.1 Å². The van der Waals surface area contributed by atoms with Crippen LogP contribution in [-0.2, 0) is 10.0 Å². The summed E-state index contributed by atoms with van der Waals surface area (Å²) in [6.07, 6.45) is 2.03. The van der Waals surface area contributed by atoms with Gasteiger partial charge in [-0.25, -0.2) is 12.8 Å². The Morgan fingerprint density at radius 1 is 0.867 bits per heavy atom. The van der Waals surface area contributed by atoms with Gasteiger partial charge in [0.15, 0.2) is 0 Å². The molecular weight excluding hydrogens is 411 g/mol. The first-order valence-electron chi connectivity index (χ1n) is 9.90. The summed E-state index contributed by atoms with van der Waals surface area (Å²) >= 11 is 0.